The van der Waals surface area contributed by atoms with Gasteiger partial charge in [-0.1, -0.05) is 30.3 Å². The fourth-order valence-electron chi connectivity index (χ4n) is 3.68. The lowest BCUT2D eigenvalue weighted by molar-refractivity contribution is 0.0595. The maximum absolute atomic E-state index is 14.8. The van der Waals surface area contributed by atoms with Crippen molar-refractivity contribution in [2.24, 2.45) is 0 Å². The maximum atomic E-state index is 14.8. The first-order chi connectivity index (χ1) is 16.1. The van der Waals surface area contributed by atoms with Crippen molar-refractivity contribution in [1.82, 2.24) is 19.5 Å². The van der Waals surface area contributed by atoms with Gasteiger partial charge in [0.15, 0.2) is 11.5 Å². The molecule has 0 fully saturated rings. The van der Waals surface area contributed by atoms with Gasteiger partial charge in [0.25, 0.3) is 0 Å². The number of nitrogens with two attached hydrogens (primary N) is 1. The minimum Gasteiger partial charge on any atom is -0.465 e. The second-order valence-corrected chi connectivity index (χ2v) is 7.27. The summed E-state index contributed by atoms with van der Waals surface area (Å²) in [5.41, 5.74) is 9.77. The SMILES string of the molecule is COC(=O)c1ccc(-n2c(-c3cccnc3N)nc3ccc(-c4ccccc4)nc32)cc1F. The number of aromatic nitrogens is 4. The third kappa shape index (κ3) is 3.57. The first-order valence-corrected chi connectivity index (χ1v) is 10.1. The van der Waals surface area contributed by atoms with Gasteiger partial charge in [-0.15, -0.1) is 0 Å². The molecule has 0 saturated carbocycles. The molecule has 3 heterocycles. The minimum absolute atomic E-state index is 0.161. The molecule has 3 aromatic heterocycles. The highest BCUT2D eigenvalue weighted by Crippen LogP contribution is 2.32. The van der Waals surface area contributed by atoms with Crippen LogP contribution in [0.1, 0.15) is 10.4 Å². The van der Waals surface area contributed by atoms with Crippen molar-refractivity contribution in [3.63, 3.8) is 0 Å². The van der Waals surface area contributed by atoms with Gasteiger partial charge in [0, 0.05) is 11.8 Å². The minimum atomic E-state index is -0.754. The summed E-state index contributed by atoms with van der Waals surface area (Å²) < 4.78 is 21.2. The largest absolute Gasteiger partial charge is 0.465 e. The summed E-state index contributed by atoms with van der Waals surface area (Å²) in [5, 5.41) is 0. The van der Waals surface area contributed by atoms with Gasteiger partial charge in [-0.25, -0.2) is 24.1 Å². The van der Waals surface area contributed by atoms with E-state index in [9.17, 15) is 9.18 Å². The third-order valence-corrected chi connectivity index (χ3v) is 5.27. The number of carbonyl (C=O) groups excluding carboxylic acids is 1. The number of imidazole rings is 1. The lowest BCUT2D eigenvalue weighted by atomic mass is 10.1. The molecule has 0 atom stereocenters. The Labute approximate surface area is 188 Å². The van der Waals surface area contributed by atoms with Gasteiger partial charge >= 0.3 is 5.97 Å². The van der Waals surface area contributed by atoms with Crippen LogP contribution in [0, 0.1) is 5.82 Å². The molecule has 0 aliphatic heterocycles. The molecule has 0 bridgehead atoms. The molecule has 162 valence electrons. The van der Waals surface area contributed by atoms with Crippen LogP contribution in [0.5, 0.6) is 0 Å². The van der Waals surface area contributed by atoms with Crippen LogP contribution in [0.2, 0.25) is 0 Å². The number of benzene rings is 2. The van der Waals surface area contributed by atoms with E-state index in [1.807, 2.05) is 42.5 Å². The van der Waals surface area contributed by atoms with E-state index in [4.69, 9.17) is 15.7 Å². The van der Waals surface area contributed by atoms with Gasteiger partial charge in [0.2, 0.25) is 0 Å². The number of halogens is 1. The van der Waals surface area contributed by atoms with Crippen LogP contribution in [0.15, 0.2) is 79.0 Å². The molecule has 7 nitrogen and oxygen atoms in total. The molecule has 5 rings (SSSR count). The standard InChI is InChI=1S/C25H18FN5O2/c1-33-25(32)17-10-9-16(14-19(17)26)31-23(18-8-5-13-28-22(18)27)30-21-12-11-20(29-24(21)31)15-6-3-2-4-7-15/h2-14H,1H3,(H2,27,28). The molecule has 0 saturated heterocycles. The Hall–Kier alpha value is -4.59. The van der Waals surface area contributed by atoms with Gasteiger partial charge in [-0.05, 0) is 42.5 Å². The van der Waals surface area contributed by atoms with Crippen LogP contribution in [0.25, 0.3) is 39.5 Å². The van der Waals surface area contributed by atoms with E-state index in [1.54, 1.807) is 29.0 Å². The summed E-state index contributed by atoms with van der Waals surface area (Å²) in [7, 11) is 1.21. The molecular weight excluding hydrogens is 421 g/mol. The zero-order valence-corrected chi connectivity index (χ0v) is 17.6. The van der Waals surface area contributed by atoms with Crippen molar-refractivity contribution < 1.29 is 13.9 Å². The van der Waals surface area contributed by atoms with Gasteiger partial charge in [0.05, 0.1) is 29.6 Å². The quantitative estimate of drug-likeness (QED) is 0.409. The highest BCUT2D eigenvalue weighted by atomic mass is 19.1. The van der Waals surface area contributed by atoms with E-state index < -0.39 is 11.8 Å². The van der Waals surface area contributed by atoms with Gasteiger partial charge in [-0.2, -0.15) is 0 Å². The van der Waals surface area contributed by atoms with Crippen LogP contribution >= 0.6 is 0 Å². The summed E-state index contributed by atoms with van der Waals surface area (Å²) in [6.07, 6.45) is 1.59. The number of methoxy groups -OCH3 is 1. The number of nitrogens with zero attached hydrogens (tertiary/aromatic N) is 4. The Morgan fingerprint density at radius 3 is 2.55 bits per heavy atom. The molecule has 2 aromatic carbocycles. The first kappa shape index (κ1) is 20.3. The number of pyridine rings is 2. The second kappa shape index (κ2) is 8.16. The number of esters is 1. The molecule has 0 aliphatic carbocycles. The third-order valence-electron chi connectivity index (χ3n) is 5.27. The van der Waals surface area contributed by atoms with Crippen molar-refractivity contribution >= 4 is 23.0 Å². The topological polar surface area (TPSA) is 95.9 Å². The smallest absolute Gasteiger partial charge is 0.340 e. The van der Waals surface area contributed by atoms with Gasteiger partial charge in [-0.3, -0.25) is 4.57 Å². The monoisotopic (exact) mass is 439 g/mol. The summed E-state index contributed by atoms with van der Waals surface area (Å²) >= 11 is 0. The highest BCUT2D eigenvalue weighted by molar-refractivity contribution is 5.90. The van der Waals surface area contributed by atoms with Crippen molar-refractivity contribution in [3.05, 3.63) is 90.4 Å². The Kier molecular flexibility index (Phi) is 5.02. The van der Waals surface area contributed by atoms with E-state index in [1.165, 1.54) is 19.2 Å². The number of carbonyl (C=O) groups is 1. The van der Waals surface area contributed by atoms with Crippen molar-refractivity contribution in [1.29, 1.82) is 0 Å². The van der Waals surface area contributed by atoms with Crippen molar-refractivity contribution in [3.8, 4) is 28.3 Å². The van der Waals surface area contributed by atoms with Crippen LogP contribution in [-0.4, -0.2) is 32.6 Å². The molecule has 2 N–H and O–H groups in total. The van der Waals surface area contributed by atoms with E-state index in [0.717, 1.165) is 11.3 Å². The molecule has 0 radical (unpaired) electrons. The van der Waals surface area contributed by atoms with E-state index in [2.05, 4.69) is 9.72 Å². The van der Waals surface area contributed by atoms with Gasteiger partial charge in [0.1, 0.15) is 17.2 Å². The average molecular weight is 439 g/mol. The fraction of sp³-hybridized carbons (Fsp3) is 0.0400. The zero-order chi connectivity index (χ0) is 22.9. The number of hydrogen-bond donors (Lipinski definition) is 1. The Morgan fingerprint density at radius 2 is 1.82 bits per heavy atom. The normalized spacial score (nSPS) is 11.0. The van der Waals surface area contributed by atoms with Crippen LogP contribution in [0.3, 0.4) is 0 Å². The van der Waals surface area contributed by atoms with E-state index in [0.29, 0.717) is 28.2 Å². The second-order valence-electron chi connectivity index (χ2n) is 7.27. The van der Waals surface area contributed by atoms with E-state index >= 15 is 0 Å². The molecule has 0 unspecified atom stereocenters. The van der Waals surface area contributed by atoms with Crippen molar-refractivity contribution in [2.45, 2.75) is 0 Å². The summed E-state index contributed by atoms with van der Waals surface area (Å²) in [5.74, 6) is -0.733. The maximum Gasteiger partial charge on any atom is 0.340 e. The summed E-state index contributed by atoms with van der Waals surface area (Å²) in [4.78, 5) is 25.6. The average Bonchev–Trinajstić information content (AvgIpc) is 3.22. The Bertz CT molecular complexity index is 1500. The summed E-state index contributed by atoms with van der Waals surface area (Å²) in [6, 6.07) is 21.2. The molecule has 33 heavy (non-hydrogen) atoms. The number of anilines is 1. The predicted octanol–water partition coefficient (Wildman–Crippen LogP) is 4.66. The zero-order valence-electron chi connectivity index (χ0n) is 17.6. The van der Waals surface area contributed by atoms with Gasteiger partial charge < -0.3 is 10.5 Å². The van der Waals surface area contributed by atoms with Crippen LogP contribution in [-0.2, 0) is 4.74 Å². The number of nitrogen functional groups attached to an aromatic ring is 1. The first-order valence-electron chi connectivity index (χ1n) is 10.1. The molecular formula is C25H18FN5O2. The lowest BCUT2D eigenvalue weighted by Crippen LogP contribution is -2.07. The number of hydrogen-bond acceptors (Lipinski definition) is 6. The number of rotatable bonds is 4. The predicted molar refractivity (Wildman–Crippen MR) is 123 cm³/mol. The molecule has 5 aromatic rings. The van der Waals surface area contributed by atoms with Crippen LogP contribution in [0.4, 0.5) is 10.2 Å². The van der Waals surface area contributed by atoms with Crippen LogP contribution < -0.4 is 5.73 Å². The van der Waals surface area contributed by atoms with Crippen molar-refractivity contribution in [2.75, 3.05) is 12.8 Å². The van der Waals surface area contributed by atoms with E-state index in [-0.39, 0.29) is 11.4 Å². The fourth-order valence-corrected chi connectivity index (χ4v) is 3.68. The lowest BCUT2D eigenvalue weighted by Gasteiger charge is -2.12. The number of ether oxygens (including phenoxy) is 1. The summed E-state index contributed by atoms with van der Waals surface area (Å²) in [6.45, 7) is 0. The molecule has 0 spiro atoms. The Morgan fingerprint density at radius 1 is 1.00 bits per heavy atom. The highest BCUT2D eigenvalue weighted by Gasteiger charge is 2.20. The molecule has 0 amide bonds. The number of fused-ring (bicyclic) bond motifs is 1. The Balaban J connectivity index is 1.79. The molecule has 8 heteroatoms. The molecule has 0 aliphatic rings.